The Bertz CT molecular complexity index is 418. The minimum Gasteiger partial charge on any atom is -0.298 e. The molecular formula is C15H20Cl2N2. The van der Waals surface area contributed by atoms with Gasteiger partial charge in [0.1, 0.15) is 0 Å². The second kappa shape index (κ2) is 6.01. The Morgan fingerprint density at radius 3 is 2.26 bits per heavy atom. The lowest BCUT2D eigenvalue weighted by atomic mass is 10.0. The third kappa shape index (κ3) is 3.08. The molecule has 2 nitrogen and oxygen atoms in total. The van der Waals surface area contributed by atoms with E-state index in [1.54, 1.807) is 0 Å². The average Bonchev–Trinajstić information content (AvgIpc) is 2.37. The van der Waals surface area contributed by atoms with E-state index in [4.69, 9.17) is 23.2 Å². The SMILES string of the molecule is Clc1cccc(Cl)c1CN1CC(N2CCCCC2)C1. The van der Waals surface area contributed by atoms with E-state index < -0.39 is 0 Å². The topological polar surface area (TPSA) is 6.48 Å². The first kappa shape index (κ1) is 13.7. The van der Waals surface area contributed by atoms with Crippen molar-refractivity contribution >= 4 is 23.2 Å². The van der Waals surface area contributed by atoms with Crippen LogP contribution in [0.2, 0.25) is 10.0 Å². The van der Waals surface area contributed by atoms with Crippen LogP contribution in [0.4, 0.5) is 0 Å². The lowest BCUT2D eigenvalue weighted by Crippen LogP contribution is -2.59. The molecule has 0 amide bonds. The van der Waals surface area contributed by atoms with Crippen LogP contribution in [0.1, 0.15) is 24.8 Å². The van der Waals surface area contributed by atoms with Crippen LogP contribution in [-0.2, 0) is 6.54 Å². The minimum absolute atomic E-state index is 0.751. The van der Waals surface area contributed by atoms with Gasteiger partial charge in [-0.05, 0) is 38.1 Å². The molecule has 0 spiro atoms. The van der Waals surface area contributed by atoms with E-state index in [1.165, 1.54) is 32.4 Å². The highest BCUT2D eigenvalue weighted by Crippen LogP contribution is 2.28. The zero-order chi connectivity index (χ0) is 13.2. The van der Waals surface area contributed by atoms with Gasteiger partial charge in [0.25, 0.3) is 0 Å². The molecular weight excluding hydrogens is 279 g/mol. The predicted molar refractivity (Wildman–Crippen MR) is 81.0 cm³/mol. The lowest BCUT2D eigenvalue weighted by molar-refractivity contribution is 0.0186. The van der Waals surface area contributed by atoms with Crippen LogP contribution in [0.5, 0.6) is 0 Å². The largest absolute Gasteiger partial charge is 0.298 e. The van der Waals surface area contributed by atoms with E-state index in [9.17, 15) is 0 Å². The summed E-state index contributed by atoms with van der Waals surface area (Å²) in [6, 6.07) is 6.50. The van der Waals surface area contributed by atoms with Crippen molar-refractivity contribution in [3.63, 3.8) is 0 Å². The molecule has 104 valence electrons. The Morgan fingerprint density at radius 2 is 1.63 bits per heavy atom. The summed E-state index contributed by atoms with van der Waals surface area (Å²) >= 11 is 12.4. The van der Waals surface area contributed by atoms with Crippen molar-refractivity contribution in [3.8, 4) is 0 Å². The van der Waals surface area contributed by atoms with Crippen LogP contribution in [0.15, 0.2) is 18.2 Å². The van der Waals surface area contributed by atoms with Gasteiger partial charge in [-0.15, -0.1) is 0 Å². The number of benzene rings is 1. The van der Waals surface area contributed by atoms with Gasteiger partial charge in [0.2, 0.25) is 0 Å². The molecule has 1 aromatic rings. The normalized spacial score (nSPS) is 22.4. The van der Waals surface area contributed by atoms with E-state index >= 15 is 0 Å². The van der Waals surface area contributed by atoms with Crippen molar-refractivity contribution < 1.29 is 0 Å². The molecule has 4 heteroatoms. The highest BCUT2D eigenvalue weighted by atomic mass is 35.5. The first-order chi connectivity index (χ1) is 9.24. The molecule has 2 heterocycles. The zero-order valence-electron chi connectivity index (χ0n) is 11.1. The molecule has 0 aromatic heterocycles. The highest BCUT2D eigenvalue weighted by molar-refractivity contribution is 6.35. The summed E-state index contributed by atoms with van der Waals surface area (Å²) in [6.07, 6.45) is 4.14. The predicted octanol–water partition coefficient (Wildman–Crippen LogP) is 3.66. The van der Waals surface area contributed by atoms with E-state index in [0.717, 1.165) is 41.3 Å². The molecule has 2 saturated heterocycles. The van der Waals surface area contributed by atoms with Crippen LogP contribution in [0.3, 0.4) is 0 Å². The number of likely N-dealkylation sites (tertiary alicyclic amines) is 2. The number of piperidine rings is 1. The third-order valence-corrected chi connectivity index (χ3v) is 5.00. The number of hydrogen-bond donors (Lipinski definition) is 0. The van der Waals surface area contributed by atoms with Crippen molar-refractivity contribution in [2.24, 2.45) is 0 Å². The quantitative estimate of drug-likeness (QED) is 0.840. The molecule has 0 unspecified atom stereocenters. The smallest absolute Gasteiger partial charge is 0.0465 e. The van der Waals surface area contributed by atoms with E-state index in [1.807, 2.05) is 18.2 Å². The Hall–Kier alpha value is -0.280. The van der Waals surface area contributed by atoms with Crippen molar-refractivity contribution in [1.29, 1.82) is 0 Å². The Kier molecular flexibility index (Phi) is 4.33. The fourth-order valence-corrected chi connectivity index (χ4v) is 3.61. The lowest BCUT2D eigenvalue weighted by Gasteiger charge is -2.47. The molecule has 19 heavy (non-hydrogen) atoms. The number of halogens is 2. The van der Waals surface area contributed by atoms with Crippen molar-refractivity contribution in [2.75, 3.05) is 26.2 Å². The molecule has 0 bridgehead atoms. The fourth-order valence-electron chi connectivity index (χ4n) is 3.09. The maximum absolute atomic E-state index is 6.22. The van der Waals surface area contributed by atoms with Gasteiger partial charge in [-0.25, -0.2) is 0 Å². The fraction of sp³-hybridized carbons (Fsp3) is 0.600. The first-order valence-electron chi connectivity index (χ1n) is 7.13. The second-order valence-corrected chi connectivity index (χ2v) is 6.46. The van der Waals surface area contributed by atoms with E-state index in [-0.39, 0.29) is 0 Å². The molecule has 0 N–H and O–H groups in total. The first-order valence-corrected chi connectivity index (χ1v) is 7.89. The monoisotopic (exact) mass is 298 g/mol. The van der Waals surface area contributed by atoms with Gasteiger partial charge in [-0.1, -0.05) is 35.7 Å². The molecule has 0 atom stereocenters. The van der Waals surface area contributed by atoms with Crippen LogP contribution in [0.25, 0.3) is 0 Å². The summed E-state index contributed by atoms with van der Waals surface area (Å²) in [4.78, 5) is 5.08. The molecule has 3 rings (SSSR count). The summed E-state index contributed by atoms with van der Waals surface area (Å²) in [6.45, 7) is 5.75. The van der Waals surface area contributed by atoms with Crippen molar-refractivity contribution in [2.45, 2.75) is 31.8 Å². The highest BCUT2D eigenvalue weighted by Gasteiger charge is 2.32. The van der Waals surface area contributed by atoms with Crippen LogP contribution < -0.4 is 0 Å². The van der Waals surface area contributed by atoms with Crippen LogP contribution in [0, 0.1) is 0 Å². The zero-order valence-corrected chi connectivity index (χ0v) is 12.6. The van der Waals surface area contributed by atoms with Crippen molar-refractivity contribution in [3.05, 3.63) is 33.8 Å². The summed E-state index contributed by atoms with van der Waals surface area (Å²) in [5.74, 6) is 0. The average molecular weight is 299 g/mol. The van der Waals surface area contributed by atoms with Gasteiger partial charge >= 0.3 is 0 Å². The minimum atomic E-state index is 0.751. The third-order valence-electron chi connectivity index (χ3n) is 4.29. The summed E-state index contributed by atoms with van der Waals surface area (Å²) in [5.41, 5.74) is 1.07. The molecule has 0 radical (unpaired) electrons. The van der Waals surface area contributed by atoms with Gasteiger partial charge in [0, 0.05) is 41.3 Å². The van der Waals surface area contributed by atoms with Crippen molar-refractivity contribution in [1.82, 2.24) is 9.80 Å². The van der Waals surface area contributed by atoms with Gasteiger partial charge in [0.05, 0.1) is 0 Å². The number of rotatable bonds is 3. The molecule has 2 aliphatic rings. The molecule has 2 aliphatic heterocycles. The molecule has 0 aliphatic carbocycles. The summed E-state index contributed by atoms with van der Waals surface area (Å²) in [5, 5.41) is 1.57. The van der Waals surface area contributed by atoms with Gasteiger partial charge in [-0.2, -0.15) is 0 Å². The molecule has 0 saturated carbocycles. The maximum Gasteiger partial charge on any atom is 0.0465 e. The maximum atomic E-state index is 6.22. The molecule has 1 aromatic carbocycles. The standard InChI is InChI=1S/C15H20Cl2N2/c16-14-5-4-6-15(17)13(14)11-18-9-12(10-18)19-7-2-1-3-8-19/h4-6,12H,1-3,7-11H2. The Morgan fingerprint density at radius 1 is 1.00 bits per heavy atom. The number of hydrogen-bond acceptors (Lipinski definition) is 2. The van der Waals surface area contributed by atoms with Gasteiger partial charge in [-0.3, -0.25) is 9.80 Å². The summed E-state index contributed by atoms with van der Waals surface area (Å²) < 4.78 is 0. The molecule has 2 fully saturated rings. The van der Waals surface area contributed by atoms with Gasteiger partial charge in [0.15, 0.2) is 0 Å². The second-order valence-electron chi connectivity index (χ2n) is 5.64. The van der Waals surface area contributed by atoms with Crippen LogP contribution >= 0.6 is 23.2 Å². The van der Waals surface area contributed by atoms with Gasteiger partial charge < -0.3 is 0 Å². The Balaban J connectivity index is 1.53. The Labute approximate surface area is 125 Å². The van der Waals surface area contributed by atoms with E-state index in [2.05, 4.69) is 9.80 Å². The van der Waals surface area contributed by atoms with Crippen LogP contribution in [-0.4, -0.2) is 42.0 Å². The number of nitrogens with zero attached hydrogens (tertiary/aromatic N) is 2. The van der Waals surface area contributed by atoms with E-state index in [0.29, 0.717) is 0 Å². The summed E-state index contributed by atoms with van der Waals surface area (Å²) in [7, 11) is 0.